The first-order chi connectivity index (χ1) is 22.3. The number of carbonyl (C=O) groups is 6. The number of carbonyl (C=O) groups excluding carboxylic acids is 6. The maximum atomic E-state index is 12.7. The van der Waals surface area contributed by atoms with Crippen LogP contribution in [-0.2, 0) is 28.8 Å². The average Bonchev–Trinajstić information content (AvgIpc) is 3.02. The summed E-state index contributed by atoms with van der Waals surface area (Å²) in [7, 11) is 1.37. The summed E-state index contributed by atoms with van der Waals surface area (Å²) >= 11 is 4.01. The van der Waals surface area contributed by atoms with E-state index in [1.165, 1.54) is 19.2 Å². The molecule has 2 atom stereocenters. The van der Waals surface area contributed by atoms with Crippen LogP contribution < -0.4 is 36.9 Å². The van der Waals surface area contributed by atoms with Crippen LogP contribution in [0.5, 0.6) is 11.5 Å². The van der Waals surface area contributed by atoms with Gasteiger partial charge < -0.3 is 36.9 Å². The molecule has 4 amide bonds. The first kappa shape index (κ1) is 40.8. The van der Waals surface area contributed by atoms with Gasteiger partial charge in [-0.2, -0.15) is 12.6 Å². The fraction of sp³-hybridized carbons (Fsp3) is 0.600. The molecule has 0 aliphatic rings. The Labute approximate surface area is 279 Å². The molecule has 0 aromatic heterocycles. The molecule has 1 aromatic rings. The zero-order chi connectivity index (χ0) is 35.4. The minimum Gasteiger partial charge on any atom is -0.493 e. The van der Waals surface area contributed by atoms with Gasteiger partial charge in [0.2, 0.25) is 23.6 Å². The summed E-state index contributed by atoms with van der Waals surface area (Å²) in [5.41, 5.74) is 10.5. The van der Waals surface area contributed by atoms with Crippen molar-refractivity contribution in [3.05, 3.63) is 27.8 Å². The topological polar surface area (TPSA) is 252 Å². The highest BCUT2D eigenvalue weighted by atomic mass is 32.1. The number of hydrogen-bond acceptors (Lipinski definition) is 12. The van der Waals surface area contributed by atoms with Crippen LogP contribution in [0, 0.1) is 10.1 Å². The summed E-state index contributed by atoms with van der Waals surface area (Å²) in [5, 5.41) is 19.4. The van der Waals surface area contributed by atoms with Crippen LogP contribution in [0.3, 0.4) is 0 Å². The number of methoxy groups -OCH3 is 1. The van der Waals surface area contributed by atoms with Gasteiger partial charge in [0.25, 0.3) is 5.69 Å². The number of nitrogens with two attached hydrogens (primary N) is 2. The lowest BCUT2D eigenvalue weighted by Crippen LogP contribution is -2.41. The number of benzene rings is 1. The Morgan fingerprint density at radius 2 is 1.60 bits per heavy atom. The molecule has 1 rings (SSSR count). The van der Waals surface area contributed by atoms with Crippen molar-refractivity contribution < 1.29 is 43.2 Å². The van der Waals surface area contributed by atoms with E-state index in [0.29, 0.717) is 31.6 Å². The number of nitro groups is 1. The summed E-state index contributed by atoms with van der Waals surface area (Å²) in [6, 6.07) is 1.11. The number of unbranched alkanes of at least 4 members (excludes halogenated alkanes) is 1. The molecule has 0 spiro atoms. The molecule has 47 heavy (non-hydrogen) atoms. The molecule has 0 bridgehead atoms. The highest BCUT2D eigenvalue weighted by Crippen LogP contribution is 2.37. The molecule has 0 saturated heterocycles. The number of thiol groups is 1. The molecule has 0 saturated carbocycles. The van der Waals surface area contributed by atoms with Crippen LogP contribution in [0.4, 0.5) is 5.69 Å². The highest BCUT2D eigenvalue weighted by Gasteiger charge is 2.25. The van der Waals surface area contributed by atoms with E-state index in [9.17, 15) is 38.9 Å². The predicted octanol–water partition coefficient (Wildman–Crippen LogP) is 1.17. The quantitative estimate of drug-likeness (QED) is 0.0369. The van der Waals surface area contributed by atoms with Gasteiger partial charge in [0.1, 0.15) is 5.78 Å². The number of nitro benzene ring substituents is 1. The largest absolute Gasteiger partial charge is 0.493 e. The maximum absolute atomic E-state index is 12.7. The van der Waals surface area contributed by atoms with E-state index >= 15 is 0 Å². The Morgan fingerprint density at radius 1 is 0.915 bits per heavy atom. The van der Waals surface area contributed by atoms with E-state index in [4.69, 9.17) is 20.9 Å². The van der Waals surface area contributed by atoms with Crippen LogP contribution in [0.2, 0.25) is 0 Å². The molecule has 0 heterocycles. The van der Waals surface area contributed by atoms with Crippen LogP contribution in [0.15, 0.2) is 12.1 Å². The second-order valence-electron chi connectivity index (χ2n) is 10.7. The minimum atomic E-state index is -0.848. The number of Topliss-reactive ketones (excluding diaryl/α,β-unsaturated/α-hetero) is 2. The summed E-state index contributed by atoms with van der Waals surface area (Å²) in [6.45, 7) is 1.71. The van der Waals surface area contributed by atoms with Crippen molar-refractivity contribution in [1.29, 1.82) is 0 Å². The second-order valence-corrected chi connectivity index (χ2v) is 11.1. The van der Waals surface area contributed by atoms with Crippen LogP contribution >= 0.6 is 12.6 Å². The number of amides is 4. The third-order valence-corrected chi connectivity index (χ3v) is 7.13. The van der Waals surface area contributed by atoms with Gasteiger partial charge in [-0.15, -0.1) is 0 Å². The van der Waals surface area contributed by atoms with Gasteiger partial charge in [-0.3, -0.25) is 38.9 Å². The van der Waals surface area contributed by atoms with Gasteiger partial charge in [-0.1, -0.05) is 0 Å². The van der Waals surface area contributed by atoms with Gasteiger partial charge in [0, 0.05) is 38.5 Å². The van der Waals surface area contributed by atoms with Crippen LogP contribution in [-0.4, -0.2) is 78.7 Å². The van der Waals surface area contributed by atoms with E-state index in [0.717, 1.165) is 0 Å². The van der Waals surface area contributed by atoms with Crippen molar-refractivity contribution in [2.24, 2.45) is 11.5 Å². The summed E-state index contributed by atoms with van der Waals surface area (Å²) < 4.78 is 11.0. The van der Waals surface area contributed by atoms with Crippen molar-refractivity contribution >= 4 is 53.5 Å². The van der Waals surface area contributed by atoms with Crippen molar-refractivity contribution in [2.45, 2.75) is 83.2 Å². The molecular formula is C30H46N6O10S. The summed E-state index contributed by atoms with van der Waals surface area (Å²) in [5.74, 6) is -1.97. The van der Waals surface area contributed by atoms with Crippen molar-refractivity contribution in [2.75, 3.05) is 32.6 Å². The second kappa shape index (κ2) is 22.3. The van der Waals surface area contributed by atoms with Gasteiger partial charge in [0.15, 0.2) is 17.3 Å². The van der Waals surface area contributed by atoms with Gasteiger partial charge in [0.05, 0.1) is 48.9 Å². The molecule has 0 fully saturated rings. The number of rotatable bonds is 25. The van der Waals surface area contributed by atoms with E-state index in [-0.39, 0.29) is 98.3 Å². The van der Waals surface area contributed by atoms with E-state index < -0.39 is 34.7 Å². The van der Waals surface area contributed by atoms with E-state index in [1.807, 2.05) is 0 Å². The number of nitrogens with one attached hydrogen (secondary N) is 3. The fourth-order valence-electron chi connectivity index (χ4n) is 4.42. The standard InChI is InChI=1S/C30H46N6O10S/c1-19(34-30(42)12-15-47)21-16-25(45-2)26(17-23(21)36(43)44)46-14-5-6-20(37)8-10-29(41)35-22(7-3-4-13-31)24(38)9-11-28(40)33-18-27(32)39/h16-17,19,22,47H,3-15,18,31H2,1-2H3,(H2,32,39)(H,33,40)(H,34,42)(H,35,41). The molecule has 262 valence electrons. The van der Waals surface area contributed by atoms with Crippen LogP contribution in [0.1, 0.15) is 82.7 Å². The molecule has 0 aliphatic carbocycles. The van der Waals surface area contributed by atoms with Crippen LogP contribution in [0.25, 0.3) is 0 Å². The van der Waals surface area contributed by atoms with Crippen molar-refractivity contribution in [3.63, 3.8) is 0 Å². The predicted molar refractivity (Wildman–Crippen MR) is 175 cm³/mol. The SMILES string of the molecule is COc1cc(C(C)NC(=O)CCS)c([N+](=O)[O-])cc1OCCCC(=O)CCC(=O)NC(CCCCN)C(=O)CCC(=O)NCC(N)=O. The average molecular weight is 683 g/mol. The monoisotopic (exact) mass is 682 g/mol. The number of ether oxygens (including phenoxy) is 2. The lowest BCUT2D eigenvalue weighted by atomic mass is 10.0. The number of nitrogens with zero attached hydrogens (tertiary/aromatic N) is 1. The van der Waals surface area contributed by atoms with Gasteiger partial charge in [-0.25, -0.2) is 0 Å². The van der Waals surface area contributed by atoms with Crippen molar-refractivity contribution in [1.82, 2.24) is 16.0 Å². The lowest BCUT2D eigenvalue weighted by Gasteiger charge is -2.18. The molecule has 0 radical (unpaired) electrons. The smallest absolute Gasteiger partial charge is 0.278 e. The van der Waals surface area contributed by atoms with Gasteiger partial charge >= 0.3 is 0 Å². The minimum absolute atomic E-state index is 0.0315. The normalized spacial score (nSPS) is 11.9. The lowest BCUT2D eigenvalue weighted by molar-refractivity contribution is -0.385. The molecular weight excluding hydrogens is 636 g/mol. The van der Waals surface area contributed by atoms with Gasteiger partial charge in [-0.05, 0) is 51.0 Å². The van der Waals surface area contributed by atoms with E-state index in [2.05, 4.69) is 28.6 Å². The third kappa shape index (κ3) is 16.2. The van der Waals surface area contributed by atoms with Crippen molar-refractivity contribution in [3.8, 4) is 11.5 Å². The Balaban J connectivity index is 2.66. The highest BCUT2D eigenvalue weighted by molar-refractivity contribution is 7.80. The maximum Gasteiger partial charge on any atom is 0.278 e. The third-order valence-electron chi connectivity index (χ3n) is 6.91. The zero-order valence-corrected chi connectivity index (χ0v) is 27.7. The molecule has 2 unspecified atom stereocenters. The Hall–Kier alpha value is -4.25. The Kier molecular flexibility index (Phi) is 19.4. The molecule has 1 aromatic carbocycles. The number of primary amides is 1. The number of ketones is 2. The Bertz CT molecular complexity index is 1260. The molecule has 17 heteroatoms. The number of hydrogen-bond donors (Lipinski definition) is 6. The summed E-state index contributed by atoms with van der Waals surface area (Å²) in [4.78, 5) is 83.5. The molecule has 16 nitrogen and oxygen atoms in total. The Morgan fingerprint density at radius 3 is 2.21 bits per heavy atom. The molecule has 7 N–H and O–H groups in total. The first-order valence-electron chi connectivity index (χ1n) is 15.3. The zero-order valence-electron chi connectivity index (χ0n) is 26.8. The first-order valence-corrected chi connectivity index (χ1v) is 15.9. The molecule has 0 aliphatic heterocycles. The summed E-state index contributed by atoms with van der Waals surface area (Å²) in [6.07, 6.45) is 1.46. The fourth-order valence-corrected chi connectivity index (χ4v) is 4.63. The van der Waals surface area contributed by atoms with E-state index in [1.54, 1.807) is 6.92 Å².